The zero-order valence-corrected chi connectivity index (χ0v) is 17.5. The number of sulfonamides is 1. The van der Waals surface area contributed by atoms with Crippen molar-refractivity contribution >= 4 is 38.9 Å². The molecular weight excluding hydrogens is 434 g/mol. The molecule has 0 aliphatic heterocycles. The Kier molecular flexibility index (Phi) is 6.09. The summed E-state index contributed by atoms with van der Waals surface area (Å²) < 4.78 is 55.0. The van der Waals surface area contributed by atoms with Gasteiger partial charge < -0.3 is 5.32 Å². The smallest absolute Gasteiger partial charge is 0.263 e. The van der Waals surface area contributed by atoms with E-state index in [0.717, 1.165) is 29.3 Å². The second kappa shape index (κ2) is 8.41. The summed E-state index contributed by atoms with van der Waals surface area (Å²) in [5, 5.41) is 2.19. The van der Waals surface area contributed by atoms with Crippen molar-refractivity contribution < 1.29 is 22.0 Å². The number of benzene rings is 3. The molecule has 3 aromatic carbocycles. The fourth-order valence-corrected chi connectivity index (χ4v) is 4.42. The van der Waals surface area contributed by atoms with Crippen LogP contribution < -0.4 is 10.0 Å². The minimum Gasteiger partial charge on any atom is -0.319 e. The van der Waals surface area contributed by atoms with E-state index in [0.29, 0.717) is 11.8 Å². The van der Waals surface area contributed by atoms with E-state index in [1.54, 1.807) is 19.1 Å². The molecule has 30 heavy (non-hydrogen) atoms. The van der Waals surface area contributed by atoms with Gasteiger partial charge in [-0.05, 0) is 55.8 Å². The molecule has 5 nitrogen and oxygen atoms in total. The molecule has 2 N–H and O–H groups in total. The van der Waals surface area contributed by atoms with Gasteiger partial charge in [0.2, 0.25) is 0 Å². The van der Waals surface area contributed by atoms with E-state index >= 15 is 0 Å². The first-order valence-electron chi connectivity index (χ1n) is 8.73. The summed E-state index contributed by atoms with van der Waals surface area (Å²) in [7, 11) is -4.11. The van der Waals surface area contributed by atoms with Crippen molar-refractivity contribution in [1.29, 1.82) is 0 Å². The van der Waals surface area contributed by atoms with Crippen LogP contribution in [0.15, 0.2) is 59.5 Å². The number of rotatable bonds is 5. The molecule has 0 aliphatic rings. The minimum atomic E-state index is -4.11. The van der Waals surface area contributed by atoms with Crippen LogP contribution in [0.25, 0.3) is 0 Å². The van der Waals surface area contributed by atoms with Crippen molar-refractivity contribution in [2.24, 2.45) is 0 Å². The molecular formula is C21H17ClF2N2O3S. The van der Waals surface area contributed by atoms with Gasteiger partial charge in [-0.15, -0.1) is 0 Å². The van der Waals surface area contributed by atoms with Crippen molar-refractivity contribution in [3.63, 3.8) is 0 Å². The highest BCUT2D eigenvalue weighted by atomic mass is 35.5. The fourth-order valence-electron chi connectivity index (χ4n) is 2.76. The molecule has 3 aromatic rings. The lowest BCUT2D eigenvalue weighted by Crippen LogP contribution is -2.17. The van der Waals surface area contributed by atoms with E-state index in [1.807, 2.05) is 13.0 Å². The number of anilines is 2. The van der Waals surface area contributed by atoms with Gasteiger partial charge in [0, 0.05) is 11.6 Å². The number of aryl methyl sites for hydroxylation is 2. The molecule has 0 atom stereocenters. The molecule has 0 bridgehead atoms. The second-order valence-corrected chi connectivity index (χ2v) is 8.71. The summed E-state index contributed by atoms with van der Waals surface area (Å²) in [4.78, 5) is 12.2. The average Bonchev–Trinajstić information content (AvgIpc) is 2.66. The van der Waals surface area contributed by atoms with E-state index in [2.05, 4.69) is 10.0 Å². The minimum absolute atomic E-state index is 0.0656. The van der Waals surface area contributed by atoms with Crippen molar-refractivity contribution in [3.8, 4) is 0 Å². The molecule has 156 valence electrons. The zero-order chi connectivity index (χ0) is 22.1. The molecule has 0 saturated heterocycles. The Hall–Kier alpha value is -2.97. The highest BCUT2D eigenvalue weighted by Gasteiger charge is 2.21. The van der Waals surface area contributed by atoms with Crippen LogP contribution >= 0.6 is 11.6 Å². The number of amides is 1. The fraction of sp³-hybridized carbons (Fsp3) is 0.0952. The van der Waals surface area contributed by atoms with Gasteiger partial charge in [0.1, 0.15) is 16.5 Å². The zero-order valence-electron chi connectivity index (χ0n) is 16.0. The van der Waals surface area contributed by atoms with Crippen LogP contribution in [0.2, 0.25) is 5.02 Å². The standard InChI is InChI=1S/C21H17ClF2N2O3S/c1-12-3-7-18(13(2)9-12)26-30(28,29)20-10-14(4-6-16(20)22)21(27)25-19-8-5-15(23)11-17(19)24/h3-11,26H,1-2H3,(H,25,27). The van der Waals surface area contributed by atoms with Gasteiger partial charge >= 0.3 is 0 Å². The van der Waals surface area contributed by atoms with Crippen LogP contribution in [0, 0.1) is 25.5 Å². The SMILES string of the molecule is Cc1ccc(NS(=O)(=O)c2cc(C(=O)Nc3ccc(F)cc3F)ccc2Cl)c(C)c1. The molecule has 0 spiro atoms. The molecule has 0 unspecified atom stereocenters. The predicted molar refractivity (Wildman–Crippen MR) is 112 cm³/mol. The van der Waals surface area contributed by atoms with Gasteiger partial charge in [-0.3, -0.25) is 9.52 Å². The van der Waals surface area contributed by atoms with Crippen LogP contribution in [-0.2, 0) is 10.0 Å². The highest BCUT2D eigenvalue weighted by molar-refractivity contribution is 7.92. The molecule has 9 heteroatoms. The first-order chi connectivity index (χ1) is 14.1. The van der Waals surface area contributed by atoms with Gasteiger partial charge in [0.25, 0.3) is 15.9 Å². The number of carbonyl (C=O) groups excluding carboxylic acids is 1. The van der Waals surface area contributed by atoms with Crippen molar-refractivity contribution in [2.75, 3.05) is 10.0 Å². The van der Waals surface area contributed by atoms with E-state index in [4.69, 9.17) is 11.6 Å². The molecule has 0 aliphatic carbocycles. The van der Waals surface area contributed by atoms with Crippen LogP contribution in [0.3, 0.4) is 0 Å². The molecule has 1 amide bonds. The topological polar surface area (TPSA) is 75.3 Å². The lowest BCUT2D eigenvalue weighted by Gasteiger charge is -2.13. The molecule has 0 aromatic heterocycles. The van der Waals surface area contributed by atoms with Crippen molar-refractivity contribution in [3.05, 3.63) is 87.9 Å². The van der Waals surface area contributed by atoms with Crippen LogP contribution in [0.5, 0.6) is 0 Å². The van der Waals surface area contributed by atoms with Crippen LogP contribution in [-0.4, -0.2) is 14.3 Å². The molecule has 0 fully saturated rings. The Morgan fingerprint density at radius 2 is 1.63 bits per heavy atom. The second-order valence-electron chi connectivity index (χ2n) is 6.65. The third-order valence-corrected chi connectivity index (χ3v) is 6.14. The van der Waals surface area contributed by atoms with Gasteiger partial charge in [-0.2, -0.15) is 0 Å². The lowest BCUT2D eigenvalue weighted by atomic mass is 10.1. The summed E-state index contributed by atoms with van der Waals surface area (Å²) >= 11 is 6.07. The molecule has 0 heterocycles. The van der Waals surface area contributed by atoms with Crippen molar-refractivity contribution in [1.82, 2.24) is 0 Å². The quantitative estimate of drug-likeness (QED) is 0.554. The number of nitrogens with one attached hydrogen (secondary N) is 2. The monoisotopic (exact) mass is 450 g/mol. The van der Waals surface area contributed by atoms with Crippen LogP contribution in [0.1, 0.15) is 21.5 Å². The van der Waals surface area contributed by atoms with E-state index in [1.165, 1.54) is 12.1 Å². The summed E-state index contributed by atoms with van der Waals surface area (Å²) in [6.07, 6.45) is 0. The van der Waals surface area contributed by atoms with E-state index in [-0.39, 0.29) is 21.2 Å². The van der Waals surface area contributed by atoms with Gasteiger partial charge in [-0.25, -0.2) is 17.2 Å². The van der Waals surface area contributed by atoms with Crippen LogP contribution in [0.4, 0.5) is 20.2 Å². The van der Waals surface area contributed by atoms with E-state index < -0.39 is 27.6 Å². The Labute approximate surface area is 177 Å². The Balaban J connectivity index is 1.91. The lowest BCUT2D eigenvalue weighted by molar-refractivity contribution is 0.102. The summed E-state index contributed by atoms with van der Waals surface area (Å²) in [6.45, 7) is 3.64. The highest BCUT2D eigenvalue weighted by Crippen LogP contribution is 2.27. The van der Waals surface area contributed by atoms with Gasteiger partial charge in [0.15, 0.2) is 0 Å². The number of halogens is 3. The third-order valence-electron chi connectivity index (χ3n) is 4.29. The summed E-state index contributed by atoms with van der Waals surface area (Å²) in [5.41, 5.74) is 1.76. The number of hydrogen-bond donors (Lipinski definition) is 2. The normalized spacial score (nSPS) is 11.2. The molecule has 0 saturated carbocycles. The van der Waals surface area contributed by atoms with E-state index in [9.17, 15) is 22.0 Å². The number of carbonyl (C=O) groups is 1. The summed E-state index contributed by atoms with van der Waals surface area (Å²) in [5.74, 6) is -2.52. The maximum Gasteiger partial charge on any atom is 0.263 e. The summed E-state index contributed by atoms with van der Waals surface area (Å²) in [6, 6.07) is 11.5. The predicted octanol–water partition coefficient (Wildman–Crippen LogP) is 5.29. The average molecular weight is 451 g/mol. The molecule has 0 radical (unpaired) electrons. The maximum absolute atomic E-state index is 13.8. The Morgan fingerprint density at radius 3 is 2.30 bits per heavy atom. The maximum atomic E-state index is 13.8. The van der Waals surface area contributed by atoms with Crippen molar-refractivity contribution in [2.45, 2.75) is 18.7 Å². The first kappa shape index (κ1) is 21.7. The third kappa shape index (κ3) is 4.77. The Morgan fingerprint density at radius 1 is 0.933 bits per heavy atom. The Bertz CT molecular complexity index is 1250. The first-order valence-corrected chi connectivity index (χ1v) is 10.6. The van der Waals surface area contributed by atoms with Gasteiger partial charge in [-0.1, -0.05) is 29.3 Å². The largest absolute Gasteiger partial charge is 0.319 e. The van der Waals surface area contributed by atoms with Gasteiger partial charge in [0.05, 0.1) is 16.4 Å². The number of hydrogen-bond acceptors (Lipinski definition) is 3. The molecule has 3 rings (SSSR count).